The molecule has 0 bridgehead atoms. The zero-order valence-corrected chi connectivity index (χ0v) is 17.1. The molecule has 1 heterocycles. The van der Waals surface area contributed by atoms with E-state index in [9.17, 15) is 9.59 Å². The number of anilines is 2. The van der Waals surface area contributed by atoms with Crippen molar-refractivity contribution in [3.8, 4) is 11.5 Å². The Morgan fingerprint density at radius 3 is 2.47 bits per heavy atom. The van der Waals surface area contributed by atoms with Gasteiger partial charge in [-0.05, 0) is 67.4 Å². The minimum atomic E-state index is -0.375. The minimum absolute atomic E-state index is 0.0219. The molecule has 1 saturated heterocycles. The Bertz CT molecular complexity index is 1080. The fourth-order valence-electron chi connectivity index (χ4n) is 3.65. The van der Waals surface area contributed by atoms with Gasteiger partial charge in [-0.2, -0.15) is 0 Å². The van der Waals surface area contributed by atoms with Gasteiger partial charge >= 0.3 is 0 Å². The van der Waals surface area contributed by atoms with Gasteiger partial charge in [-0.3, -0.25) is 9.59 Å². The molecule has 1 N–H and O–H groups in total. The van der Waals surface area contributed by atoms with Gasteiger partial charge in [0.25, 0.3) is 0 Å². The van der Waals surface area contributed by atoms with Crippen LogP contribution in [0.1, 0.15) is 17.5 Å². The number of benzene rings is 3. The molecule has 2 amide bonds. The molecule has 30 heavy (non-hydrogen) atoms. The van der Waals surface area contributed by atoms with Gasteiger partial charge in [0.15, 0.2) is 0 Å². The zero-order chi connectivity index (χ0) is 21.1. The van der Waals surface area contributed by atoms with E-state index in [1.165, 1.54) is 0 Å². The van der Waals surface area contributed by atoms with E-state index in [0.29, 0.717) is 18.0 Å². The number of ether oxygens (including phenoxy) is 1. The van der Waals surface area contributed by atoms with Crippen molar-refractivity contribution in [2.75, 3.05) is 16.8 Å². The Balaban J connectivity index is 1.38. The van der Waals surface area contributed by atoms with Gasteiger partial charge in [0, 0.05) is 24.3 Å². The van der Waals surface area contributed by atoms with Crippen LogP contribution in [0.15, 0.2) is 72.8 Å². The Kier molecular flexibility index (Phi) is 5.53. The molecule has 1 atom stereocenters. The van der Waals surface area contributed by atoms with Crippen LogP contribution < -0.4 is 15.0 Å². The third-order valence-electron chi connectivity index (χ3n) is 5.25. The molecule has 152 valence electrons. The van der Waals surface area contributed by atoms with Crippen molar-refractivity contribution in [2.45, 2.75) is 20.3 Å². The highest BCUT2D eigenvalue weighted by molar-refractivity contribution is 6.03. The van der Waals surface area contributed by atoms with Gasteiger partial charge in [0.1, 0.15) is 11.5 Å². The molecule has 5 nitrogen and oxygen atoms in total. The van der Waals surface area contributed by atoms with Crippen LogP contribution in [-0.2, 0) is 9.59 Å². The molecule has 4 rings (SSSR count). The van der Waals surface area contributed by atoms with Gasteiger partial charge < -0.3 is 15.0 Å². The standard InChI is InChI=1S/C25H24N2O3/c1-17-6-5-8-22(14-17)30-21-12-10-20(11-13-21)26-25(29)19-15-24(28)27(16-19)23-9-4-3-7-18(23)2/h3-14,19H,15-16H2,1-2H3,(H,26,29)/t19-/m1/s1. The van der Waals surface area contributed by atoms with Gasteiger partial charge in [-0.15, -0.1) is 0 Å². The van der Waals surface area contributed by atoms with Crippen molar-refractivity contribution >= 4 is 23.2 Å². The SMILES string of the molecule is Cc1cccc(Oc2ccc(NC(=O)[C@@H]3CC(=O)N(c4ccccc4C)C3)cc2)c1. The number of nitrogens with one attached hydrogen (secondary N) is 1. The number of carbonyl (C=O) groups is 2. The number of rotatable bonds is 5. The second-order valence-electron chi connectivity index (χ2n) is 7.62. The molecule has 1 aliphatic heterocycles. The molecule has 0 saturated carbocycles. The van der Waals surface area contributed by atoms with Crippen LogP contribution in [0.25, 0.3) is 0 Å². The molecule has 1 aliphatic rings. The number of nitrogens with zero attached hydrogens (tertiary/aromatic N) is 1. The molecule has 0 unspecified atom stereocenters. The average Bonchev–Trinajstić information content (AvgIpc) is 3.11. The van der Waals surface area contributed by atoms with Gasteiger partial charge in [0.2, 0.25) is 11.8 Å². The highest BCUT2D eigenvalue weighted by Crippen LogP contribution is 2.29. The lowest BCUT2D eigenvalue weighted by Gasteiger charge is -2.19. The van der Waals surface area contributed by atoms with Crippen LogP contribution in [0.5, 0.6) is 11.5 Å². The lowest BCUT2D eigenvalue weighted by atomic mass is 10.1. The average molecular weight is 400 g/mol. The largest absolute Gasteiger partial charge is 0.457 e. The van der Waals surface area contributed by atoms with Crippen LogP contribution in [-0.4, -0.2) is 18.4 Å². The topological polar surface area (TPSA) is 58.6 Å². The Hall–Kier alpha value is -3.60. The highest BCUT2D eigenvalue weighted by Gasteiger charge is 2.35. The number of aryl methyl sites for hydroxylation is 2. The van der Waals surface area contributed by atoms with Crippen molar-refractivity contribution in [3.05, 3.63) is 83.9 Å². The van der Waals surface area contributed by atoms with E-state index in [2.05, 4.69) is 5.32 Å². The van der Waals surface area contributed by atoms with Gasteiger partial charge in [-0.1, -0.05) is 30.3 Å². The smallest absolute Gasteiger partial charge is 0.229 e. The Morgan fingerprint density at radius 1 is 0.967 bits per heavy atom. The summed E-state index contributed by atoms with van der Waals surface area (Å²) in [5, 5.41) is 2.92. The fourth-order valence-corrected chi connectivity index (χ4v) is 3.65. The number of hydrogen-bond acceptors (Lipinski definition) is 3. The van der Waals surface area contributed by atoms with Gasteiger partial charge in [0.05, 0.1) is 5.92 Å². The van der Waals surface area contributed by atoms with Crippen LogP contribution in [0.2, 0.25) is 0 Å². The second-order valence-corrected chi connectivity index (χ2v) is 7.62. The van der Waals surface area contributed by atoms with Crippen molar-refractivity contribution < 1.29 is 14.3 Å². The molecule has 3 aromatic rings. The third kappa shape index (κ3) is 4.35. The van der Waals surface area contributed by atoms with Gasteiger partial charge in [-0.25, -0.2) is 0 Å². The number of hydrogen-bond donors (Lipinski definition) is 1. The van der Waals surface area contributed by atoms with Crippen molar-refractivity contribution in [2.24, 2.45) is 5.92 Å². The lowest BCUT2D eigenvalue weighted by Crippen LogP contribution is -2.28. The molecule has 5 heteroatoms. The highest BCUT2D eigenvalue weighted by atomic mass is 16.5. The Morgan fingerprint density at radius 2 is 1.73 bits per heavy atom. The van der Waals surface area contributed by atoms with E-state index < -0.39 is 0 Å². The lowest BCUT2D eigenvalue weighted by molar-refractivity contribution is -0.122. The summed E-state index contributed by atoms with van der Waals surface area (Å²) in [4.78, 5) is 26.9. The first-order valence-corrected chi connectivity index (χ1v) is 10.0. The second kappa shape index (κ2) is 8.41. The summed E-state index contributed by atoms with van der Waals surface area (Å²) < 4.78 is 5.84. The van der Waals surface area contributed by atoms with Crippen molar-refractivity contribution in [1.29, 1.82) is 0 Å². The van der Waals surface area contributed by atoms with E-state index in [0.717, 1.165) is 22.6 Å². The molecular weight excluding hydrogens is 376 g/mol. The molecule has 0 radical (unpaired) electrons. The summed E-state index contributed by atoms with van der Waals surface area (Å²) >= 11 is 0. The maximum Gasteiger partial charge on any atom is 0.229 e. The minimum Gasteiger partial charge on any atom is -0.457 e. The number of para-hydroxylation sites is 1. The van der Waals surface area contributed by atoms with E-state index in [1.807, 2.05) is 74.5 Å². The first-order chi connectivity index (χ1) is 14.5. The van der Waals surface area contributed by atoms with E-state index in [1.54, 1.807) is 17.0 Å². The zero-order valence-electron chi connectivity index (χ0n) is 17.1. The normalized spacial score (nSPS) is 15.9. The summed E-state index contributed by atoms with van der Waals surface area (Å²) in [5.41, 5.74) is 3.70. The van der Waals surface area contributed by atoms with E-state index in [-0.39, 0.29) is 24.2 Å². The summed E-state index contributed by atoms with van der Waals surface area (Å²) in [6, 6.07) is 22.8. The molecule has 0 spiro atoms. The van der Waals surface area contributed by atoms with Crippen molar-refractivity contribution in [3.63, 3.8) is 0 Å². The molecule has 3 aromatic carbocycles. The third-order valence-corrected chi connectivity index (χ3v) is 5.25. The van der Waals surface area contributed by atoms with E-state index >= 15 is 0 Å². The summed E-state index contributed by atoms with van der Waals surface area (Å²) in [6.45, 7) is 4.37. The predicted molar refractivity (Wildman–Crippen MR) is 118 cm³/mol. The Labute approximate surface area is 176 Å². The van der Waals surface area contributed by atoms with E-state index in [4.69, 9.17) is 4.74 Å². The maximum absolute atomic E-state index is 12.7. The predicted octanol–water partition coefficient (Wildman–Crippen LogP) is 5.09. The quantitative estimate of drug-likeness (QED) is 0.649. The summed E-state index contributed by atoms with van der Waals surface area (Å²) in [6.07, 6.45) is 0.217. The van der Waals surface area contributed by atoms with Crippen LogP contribution in [0.3, 0.4) is 0 Å². The first kappa shape index (κ1) is 19.7. The molecule has 0 aliphatic carbocycles. The van der Waals surface area contributed by atoms with Crippen LogP contribution >= 0.6 is 0 Å². The number of carbonyl (C=O) groups excluding carboxylic acids is 2. The summed E-state index contributed by atoms with van der Waals surface area (Å²) in [5.74, 6) is 0.923. The first-order valence-electron chi connectivity index (χ1n) is 10.0. The summed E-state index contributed by atoms with van der Waals surface area (Å²) in [7, 11) is 0. The molecular formula is C25H24N2O3. The molecule has 0 aromatic heterocycles. The maximum atomic E-state index is 12.7. The number of amides is 2. The monoisotopic (exact) mass is 400 g/mol. The van der Waals surface area contributed by atoms with Crippen LogP contribution in [0, 0.1) is 19.8 Å². The van der Waals surface area contributed by atoms with Crippen molar-refractivity contribution in [1.82, 2.24) is 0 Å². The molecule has 1 fully saturated rings. The fraction of sp³-hybridized carbons (Fsp3) is 0.200. The van der Waals surface area contributed by atoms with Crippen LogP contribution in [0.4, 0.5) is 11.4 Å².